The zero-order valence-electron chi connectivity index (χ0n) is 35.7. The second kappa shape index (κ2) is 21.5. The molecule has 3 rings (SSSR count). The first kappa shape index (κ1) is 46.4. The molecule has 0 saturated carbocycles. The maximum absolute atomic E-state index is 14.6. The van der Waals surface area contributed by atoms with Gasteiger partial charge in [0.1, 0.15) is 23.9 Å². The number of benzene rings is 3. The molecule has 0 saturated heterocycles. The Kier molecular flexibility index (Phi) is 17.5. The Morgan fingerprint density at radius 1 is 0.632 bits per heavy atom. The third-order valence-corrected chi connectivity index (χ3v) is 11.0. The van der Waals surface area contributed by atoms with Crippen LogP contribution >= 0.6 is 0 Å². The molecule has 0 spiro atoms. The van der Waals surface area contributed by atoms with Gasteiger partial charge in [-0.05, 0) is 75.5 Å². The van der Waals surface area contributed by atoms with Crippen LogP contribution in [0.15, 0.2) is 72.8 Å². The highest BCUT2D eigenvalue weighted by Gasteiger charge is 2.40. The van der Waals surface area contributed by atoms with E-state index in [2.05, 4.69) is 0 Å². The third-order valence-electron chi connectivity index (χ3n) is 11.0. The largest absolute Gasteiger partial charge is 0.508 e. The number of aromatic hydroxyl groups is 1. The molecular formula is C46H63N3O8. The van der Waals surface area contributed by atoms with Crippen LogP contribution in [-0.2, 0) is 52.7 Å². The molecule has 0 fully saturated rings. The minimum absolute atomic E-state index is 0.0500. The van der Waals surface area contributed by atoms with Gasteiger partial charge in [0.25, 0.3) is 0 Å². The van der Waals surface area contributed by atoms with Gasteiger partial charge in [-0.2, -0.15) is 0 Å². The number of amides is 2. The van der Waals surface area contributed by atoms with Gasteiger partial charge in [0.15, 0.2) is 11.9 Å². The number of ether oxygens (including phenoxy) is 2. The summed E-state index contributed by atoms with van der Waals surface area (Å²) >= 11 is 0. The van der Waals surface area contributed by atoms with E-state index in [0.29, 0.717) is 18.4 Å². The van der Waals surface area contributed by atoms with Gasteiger partial charge >= 0.3 is 11.9 Å². The minimum Gasteiger partial charge on any atom is -0.508 e. The standard InChI is InChI=1S/C46H63N3O8/c1-12-32(6)42(57-46(55)39(47(7)8)26-33-17-13-30(4)14-18-33)41(51)28-37(29(2)3)43(52)48(9)38(25-35-21-23-36(50)24-22-35)44(53)49(10)40(45(54)56-11)27-34-19-15-31(5)16-20-34/h13-24,29,32,37-40,42,50H,12,25-28H2,1-11H3/t32-,37-,38-,39+,40+,42+/m0/s1. The number of hydrogen-bond acceptors (Lipinski definition) is 9. The van der Waals surface area contributed by atoms with E-state index in [1.54, 1.807) is 31.1 Å². The summed E-state index contributed by atoms with van der Waals surface area (Å²) in [5.41, 5.74) is 4.63. The zero-order chi connectivity index (χ0) is 42.6. The van der Waals surface area contributed by atoms with Crippen molar-refractivity contribution in [2.75, 3.05) is 35.3 Å². The first-order chi connectivity index (χ1) is 26.9. The van der Waals surface area contributed by atoms with Crippen LogP contribution in [0.1, 0.15) is 68.4 Å². The number of carbonyl (C=O) groups excluding carboxylic acids is 5. The Balaban J connectivity index is 1.93. The van der Waals surface area contributed by atoms with Crippen LogP contribution < -0.4 is 0 Å². The predicted octanol–water partition coefficient (Wildman–Crippen LogP) is 5.98. The average Bonchev–Trinajstić information content (AvgIpc) is 3.19. The van der Waals surface area contributed by atoms with E-state index in [1.165, 1.54) is 43.1 Å². The van der Waals surface area contributed by atoms with E-state index < -0.39 is 53.9 Å². The maximum atomic E-state index is 14.6. The highest BCUT2D eigenvalue weighted by atomic mass is 16.5. The van der Waals surface area contributed by atoms with Crippen molar-refractivity contribution >= 4 is 29.5 Å². The summed E-state index contributed by atoms with van der Waals surface area (Å²) in [6, 6.07) is 19.2. The number of esters is 2. The first-order valence-electron chi connectivity index (χ1n) is 19.8. The van der Waals surface area contributed by atoms with E-state index in [9.17, 15) is 29.1 Å². The van der Waals surface area contributed by atoms with Crippen LogP contribution in [0, 0.1) is 31.6 Å². The van der Waals surface area contributed by atoms with Gasteiger partial charge in [-0.1, -0.05) is 99.5 Å². The summed E-state index contributed by atoms with van der Waals surface area (Å²) in [5, 5.41) is 9.95. The molecule has 11 heteroatoms. The van der Waals surface area contributed by atoms with Gasteiger partial charge in [0.05, 0.1) is 7.11 Å². The van der Waals surface area contributed by atoms with E-state index >= 15 is 0 Å². The number of phenols is 1. The fourth-order valence-electron chi connectivity index (χ4n) is 6.79. The lowest BCUT2D eigenvalue weighted by molar-refractivity contribution is -0.163. The Bertz CT molecular complexity index is 1790. The molecule has 0 heterocycles. The highest BCUT2D eigenvalue weighted by Crippen LogP contribution is 2.26. The normalized spacial score (nSPS) is 14.5. The van der Waals surface area contributed by atoms with Gasteiger partial charge in [0.2, 0.25) is 11.8 Å². The van der Waals surface area contributed by atoms with Crippen molar-refractivity contribution in [3.8, 4) is 5.75 Å². The molecule has 0 aliphatic rings. The quantitative estimate of drug-likeness (QED) is 0.137. The molecule has 0 aliphatic carbocycles. The number of carbonyl (C=O) groups is 5. The minimum atomic E-state index is -1.08. The third kappa shape index (κ3) is 13.0. The Morgan fingerprint density at radius 2 is 1.07 bits per heavy atom. The number of methoxy groups -OCH3 is 1. The summed E-state index contributed by atoms with van der Waals surface area (Å²) in [6.45, 7) is 11.4. The molecule has 1 N–H and O–H groups in total. The summed E-state index contributed by atoms with van der Waals surface area (Å²) in [7, 11) is 7.92. The Hall–Kier alpha value is -5.03. The number of likely N-dealkylation sites (N-methyl/N-ethyl adjacent to an activating group) is 3. The predicted molar refractivity (Wildman–Crippen MR) is 221 cm³/mol. The fourth-order valence-corrected chi connectivity index (χ4v) is 6.79. The van der Waals surface area contributed by atoms with Crippen LogP contribution in [0.2, 0.25) is 0 Å². The van der Waals surface area contributed by atoms with Gasteiger partial charge in [-0.15, -0.1) is 0 Å². The molecule has 3 aromatic carbocycles. The van der Waals surface area contributed by atoms with Crippen molar-refractivity contribution in [3.63, 3.8) is 0 Å². The van der Waals surface area contributed by atoms with Crippen LogP contribution in [0.4, 0.5) is 0 Å². The Morgan fingerprint density at radius 3 is 1.51 bits per heavy atom. The van der Waals surface area contributed by atoms with Crippen LogP contribution in [0.25, 0.3) is 0 Å². The summed E-state index contributed by atoms with van der Waals surface area (Å²) in [6.07, 6.45) is -0.0562. The number of phenolic OH excluding ortho intramolecular Hbond substituents is 1. The smallest absolute Gasteiger partial charge is 0.328 e. The molecule has 0 aromatic heterocycles. The molecule has 0 radical (unpaired) electrons. The summed E-state index contributed by atoms with van der Waals surface area (Å²) < 4.78 is 11.2. The SMILES string of the molecule is CC[C@H](C)[C@@H](OC(=O)[C@@H](Cc1ccc(C)cc1)N(C)C)C(=O)C[C@H](C(=O)N(C)[C@@H](Cc1ccc(O)cc1)C(=O)N(C)[C@H](Cc1ccc(C)cc1)C(=O)OC)C(C)C. The number of Topliss-reactive ketones (excluding diaryl/α,β-unsaturated/α-hetero) is 1. The van der Waals surface area contributed by atoms with Crippen LogP contribution in [0.5, 0.6) is 5.75 Å². The molecule has 6 atom stereocenters. The van der Waals surface area contributed by atoms with Crippen LogP contribution in [0.3, 0.4) is 0 Å². The van der Waals surface area contributed by atoms with Gasteiger partial charge in [0, 0.05) is 45.2 Å². The second-order valence-corrected chi connectivity index (χ2v) is 15.9. The van der Waals surface area contributed by atoms with E-state index in [4.69, 9.17) is 9.47 Å². The van der Waals surface area contributed by atoms with E-state index in [-0.39, 0.29) is 42.6 Å². The number of ketones is 1. The molecule has 3 aromatic rings. The fraction of sp³-hybridized carbons (Fsp3) is 0.500. The Labute approximate surface area is 339 Å². The van der Waals surface area contributed by atoms with Gasteiger partial charge in [-0.3, -0.25) is 24.1 Å². The number of aryl methyl sites for hydroxylation is 2. The molecule has 0 bridgehead atoms. The van der Waals surface area contributed by atoms with Crippen molar-refractivity contribution in [2.45, 2.75) is 97.9 Å². The lowest BCUT2D eigenvalue weighted by Crippen LogP contribution is -2.55. The van der Waals surface area contributed by atoms with Crippen molar-refractivity contribution in [1.29, 1.82) is 0 Å². The van der Waals surface area contributed by atoms with Crippen molar-refractivity contribution in [1.82, 2.24) is 14.7 Å². The van der Waals surface area contributed by atoms with Crippen molar-refractivity contribution in [2.24, 2.45) is 17.8 Å². The molecule has 57 heavy (non-hydrogen) atoms. The summed E-state index contributed by atoms with van der Waals surface area (Å²) in [5.74, 6) is -3.85. The molecule has 310 valence electrons. The number of rotatable bonds is 20. The molecule has 0 aliphatic heterocycles. The number of nitrogens with zero attached hydrogens (tertiary/aromatic N) is 3. The topological polar surface area (TPSA) is 134 Å². The monoisotopic (exact) mass is 785 g/mol. The lowest BCUT2D eigenvalue weighted by Gasteiger charge is -2.36. The lowest BCUT2D eigenvalue weighted by atomic mass is 9.85. The number of hydrogen-bond donors (Lipinski definition) is 1. The van der Waals surface area contributed by atoms with E-state index in [1.807, 2.05) is 90.1 Å². The highest BCUT2D eigenvalue weighted by molar-refractivity contribution is 5.94. The van der Waals surface area contributed by atoms with Gasteiger partial charge < -0.3 is 24.4 Å². The molecule has 0 unspecified atom stereocenters. The second-order valence-electron chi connectivity index (χ2n) is 15.9. The maximum Gasteiger partial charge on any atom is 0.328 e. The first-order valence-corrected chi connectivity index (χ1v) is 19.8. The van der Waals surface area contributed by atoms with E-state index in [0.717, 1.165) is 22.3 Å². The van der Waals surface area contributed by atoms with Gasteiger partial charge in [-0.25, -0.2) is 4.79 Å². The molecule has 11 nitrogen and oxygen atoms in total. The van der Waals surface area contributed by atoms with Crippen LogP contribution in [-0.4, -0.2) is 109 Å². The molecule has 2 amide bonds. The molecular weight excluding hydrogens is 723 g/mol. The zero-order valence-corrected chi connectivity index (χ0v) is 35.7. The van der Waals surface area contributed by atoms with Crippen molar-refractivity contribution in [3.05, 3.63) is 101 Å². The van der Waals surface area contributed by atoms with Crippen molar-refractivity contribution < 1.29 is 38.6 Å². The average molecular weight is 786 g/mol. The summed E-state index contributed by atoms with van der Waals surface area (Å²) in [4.78, 5) is 74.7.